The predicted octanol–water partition coefficient (Wildman–Crippen LogP) is 3.51. The van der Waals surface area contributed by atoms with Crippen LogP contribution in [0.3, 0.4) is 0 Å². The molecule has 2 heteroatoms. The molecule has 1 aliphatic rings. The summed E-state index contributed by atoms with van der Waals surface area (Å²) < 4.78 is 0. The van der Waals surface area contributed by atoms with E-state index in [1.54, 1.807) is 0 Å². The third-order valence-corrected chi connectivity index (χ3v) is 3.02. The van der Waals surface area contributed by atoms with Crippen LogP contribution in [0.25, 0.3) is 0 Å². The lowest BCUT2D eigenvalue weighted by molar-refractivity contribution is 0.481. The second kappa shape index (κ2) is 8.63. The highest BCUT2D eigenvalue weighted by Crippen LogP contribution is 2.10. The summed E-state index contributed by atoms with van der Waals surface area (Å²) in [5.74, 6) is 0. The molecule has 15 heavy (non-hydrogen) atoms. The van der Waals surface area contributed by atoms with Crippen LogP contribution in [0.5, 0.6) is 0 Å². The first-order valence-corrected chi connectivity index (χ1v) is 6.60. The number of unbranched alkanes of at least 4 members (excludes halogenated alkanes) is 7. The molecule has 0 aromatic rings. The van der Waals surface area contributed by atoms with E-state index in [2.05, 4.69) is 17.6 Å². The first-order valence-electron chi connectivity index (χ1n) is 6.60. The van der Waals surface area contributed by atoms with E-state index in [1.165, 1.54) is 57.8 Å². The fourth-order valence-electron chi connectivity index (χ4n) is 2.03. The van der Waals surface area contributed by atoms with E-state index in [9.17, 15) is 0 Å². The van der Waals surface area contributed by atoms with E-state index in [4.69, 9.17) is 0 Å². The first kappa shape index (κ1) is 12.4. The lowest BCUT2D eigenvalue weighted by Crippen LogP contribution is -2.30. The zero-order chi connectivity index (χ0) is 10.8. The monoisotopic (exact) mass is 210 g/mol. The molecule has 0 saturated carbocycles. The average molecular weight is 210 g/mol. The van der Waals surface area contributed by atoms with Gasteiger partial charge in [-0.05, 0) is 12.8 Å². The zero-order valence-electron chi connectivity index (χ0n) is 10.1. The van der Waals surface area contributed by atoms with Crippen LogP contribution < -0.4 is 10.6 Å². The Bertz CT molecular complexity index is 158. The van der Waals surface area contributed by atoms with Gasteiger partial charge in [-0.25, -0.2) is 0 Å². The molecule has 1 heterocycles. The Hall–Kier alpha value is -0.660. The smallest absolute Gasteiger partial charge is 0.0955 e. The van der Waals surface area contributed by atoms with Crippen LogP contribution in [0.15, 0.2) is 12.4 Å². The summed E-state index contributed by atoms with van der Waals surface area (Å²) >= 11 is 0. The van der Waals surface area contributed by atoms with Crippen molar-refractivity contribution in [3.63, 3.8) is 0 Å². The van der Waals surface area contributed by atoms with Gasteiger partial charge in [0.25, 0.3) is 0 Å². The molecular weight excluding hydrogens is 184 g/mol. The van der Waals surface area contributed by atoms with Gasteiger partial charge in [-0.15, -0.1) is 0 Å². The summed E-state index contributed by atoms with van der Waals surface area (Å²) in [5, 5.41) is 6.57. The summed E-state index contributed by atoms with van der Waals surface area (Å²) in [6.45, 7) is 2.27. The third kappa shape index (κ3) is 6.43. The van der Waals surface area contributed by atoms with E-state index in [0.717, 1.165) is 0 Å². The van der Waals surface area contributed by atoms with Crippen molar-refractivity contribution in [3.05, 3.63) is 12.4 Å². The SMILES string of the molecule is CCCCCCCCCCC1NC=CN1. The molecule has 1 aliphatic heterocycles. The Labute approximate surface area is 94.5 Å². The number of hydrogen-bond donors (Lipinski definition) is 2. The Morgan fingerprint density at radius 3 is 1.93 bits per heavy atom. The molecule has 1 rings (SSSR count). The van der Waals surface area contributed by atoms with E-state index in [1.807, 2.05) is 12.4 Å². The Morgan fingerprint density at radius 2 is 1.33 bits per heavy atom. The molecule has 0 radical (unpaired) electrons. The van der Waals surface area contributed by atoms with Crippen LogP contribution >= 0.6 is 0 Å². The Kier molecular flexibility index (Phi) is 7.14. The van der Waals surface area contributed by atoms with Gasteiger partial charge in [-0.3, -0.25) is 0 Å². The van der Waals surface area contributed by atoms with Crippen molar-refractivity contribution in [2.75, 3.05) is 0 Å². The van der Waals surface area contributed by atoms with Crippen molar-refractivity contribution in [2.45, 2.75) is 70.9 Å². The van der Waals surface area contributed by atoms with E-state index in [0.29, 0.717) is 6.17 Å². The maximum absolute atomic E-state index is 3.28. The van der Waals surface area contributed by atoms with Crippen molar-refractivity contribution >= 4 is 0 Å². The molecule has 0 unspecified atom stereocenters. The van der Waals surface area contributed by atoms with Gasteiger partial charge < -0.3 is 10.6 Å². The van der Waals surface area contributed by atoms with Gasteiger partial charge in [0.05, 0.1) is 6.17 Å². The molecule has 0 spiro atoms. The van der Waals surface area contributed by atoms with Crippen LogP contribution in [0.2, 0.25) is 0 Å². The molecule has 2 N–H and O–H groups in total. The summed E-state index contributed by atoms with van der Waals surface area (Å²) in [4.78, 5) is 0. The van der Waals surface area contributed by atoms with Gasteiger partial charge in [0, 0.05) is 12.4 Å². The van der Waals surface area contributed by atoms with Gasteiger partial charge in [0.15, 0.2) is 0 Å². The van der Waals surface area contributed by atoms with E-state index < -0.39 is 0 Å². The molecule has 0 saturated heterocycles. The van der Waals surface area contributed by atoms with Gasteiger partial charge in [-0.1, -0.05) is 51.9 Å². The fraction of sp³-hybridized carbons (Fsp3) is 0.846. The number of nitrogens with one attached hydrogen (secondary N) is 2. The van der Waals surface area contributed by atoms with Crippen LogP contribution in [0, 0.1) is 0 Å². The highest BCUT2D eigenvalue weighted by atomic mass is 15.1. The summed E-state index contributed by atoms with van der Waals surface area (Å²) in [7, 11) is 0. The van der Waals surface area contributed by atoms with Crippen molar-refractivity contribution < 1.29 is 0 Å². The lowest BCUT2D eigenvalue weighted by Gasteiger charge is -2.11. The molecule has 0 fully saturated rings. The zero-order valence-corrected chi connectivity index (χ0v) is 10.1. The van der Waals surface area contributed by atoms with Crippen LogP contribution in [0.1, 0.15) is 64.7 Å². The topological polar surface area (TPSA) is 24.1 Å². The summed E-state index contributed by atoms with van der Waals surface area (Å²) in [5.41, 5.74) is 0. The minimum Gasteiger partial charge on any atom is -0.370 e. The standard InChI is InChI=1S/C13H26N2/c1-2-3-4-5-6-7-8-9-10-13-14-11-12-15-13/h11-15H,2-10H2,1H3. The Morgan fingerprint density at radius 1 is 0.800 bits per heavy atom. The van der Waals surface area contributed by atoms with Crippen LogP contribution in [0.4, 0.5) is 0 Å². The fourth-order valence-corrected chi connectivity index (χ4v) is 2.03. The maximum Gasteiger partial charge on any atom is 0.0955 e. The van der Waals surface area contributed by atoms with Gasteiger partial charge >= 0.3 is 0 Å². The quantitative estimate of drug-likeness (QED) is 0.569. The Balaban J connectivity index is 1.73. The molecule has 0 amide bonds. The second-order valence-corrected chi connectivity index (χ2v) is 4.48. The molecule has 2 nitrogen and oxygen atoms in total. The van der Waals surface area contributed by atoms with Gasteiger partial charge in [0.2, 0.25) is 0 Å². The minimum atomic E-state index is 0.505. The normalized spacial score (nSPS) is 15.3. The average Bonchev–Trinajstić information content (AvgIpc) is 2.75. The molecule has 0 aliphatic carbocycles. The van der Waals surface area contributed by atoms with Gasteiger partial charge in [0.1, 0.15) is 0 Å². The van der Waals surface area contributed by atoms with Crippen molar-refractivity contribution in [2.24, 2.45) is 0 Å². The van der Waals surface area contributed by atoms with Crippen LogP contribution in [-0.2, 0) is 0 Å². The summed E-state index contributed by atoms with van der Waals surface area (Å²) in [6.07, 6.45) is 17.0. The first-order chi connectivity index (χ1) is 7.43. The predicted molar refractivity (Wildman–Crippen MR) is 66.4 cm³/mol. The molecule has 88 valence electrons. The van der Waals surface area contributed by atoms with Crippen molar-refractivity contribution in [1.82, 2.24) is 10.6 Å². The molecular formula is C13H26N2. The van der Waals surface area contributed by atoms with E-state index >= 15 is 0 Å². The minimum absolute atomic E-state index is 0.505. The molecule has 0 aromatic heterocycles. The number of hydrogen-bond acceptors (Lipinski definition) is 2. The molecule has 0 bridgehead atoms. The van der Waals surface area contributed by atoms with Crippen molar-refractivity contribution in [3.8, 4) is 0 Å². The molecule has 0 aromatic carbocycles. The van der Waals surface area contributed by atoms with Crippen LogP contribution in [-0.4, -0.2) is 6.17 Å². The lowest BCUT2D eigenvalue weighted by atomic mass is 10.1. The highest BCUT2D eigenvalue weighted by molar-refractivity contribution is 4.90. The van der Waals surface area contributed by atoms with Crippen molar-refractivity contribution in [1.29, 1.82) is 0 Å². The van der Waals surface area contributed by atoms with Gasteiger partial charge in [-0.2, -0.15) is 0 Å². The maximum atomic E-state index is 3.28. The third-order valence-electron chi connectivity index (χ3n) is 3.02. The highest BCUT2D eigenvalue weighted by Gasteiger charge is 2.05. The number of rotatable bonds is 9. The second-order valence-electron chi connectivity index (χ2n) is 4.48. The largest absolute Gasteiger partial charge is 0.370 e. The molecule has 0 atom stereocenters. The summed E-state index contributed by atoms with van der Waals surface area (Å²) in [6, 6.07) is 0. The van der Waals surface area contributed by atoms with E-state index in [-0.39, 0.29) is 0 Å².